The van der Waals surface area contributed by atoms with Crippen molar-refractivity contribution in [3.63, 3.8) is 0 Å². The molecule has 3 saturated heterocycles. The van der Waals surface area contributed by atoms with Crippen molar-refractivity contribution in [2.45, 2.75) is 42.3 Å². The van der Waals surface area contributed by atoms with Crippen LogP contribution in [0, 0.1) is 5.82 Å². The van der Waals surface area contributed by atoms with Crippen LogP contribution in [0.1, 0.15) is 19.3 Å². The highest BCUT2D eigenvalue weighted by Crippen LogP contribution is 2.27. The summed E-state index contributed by atoms with van der Waals surface area (Å²) in [5, 5.41) is 2.88. The maximum Gasteiger partial charge on any atom is 0.240 e. The SMILES string of the molecule is O=C1NC[C@@H](CCC(=O)N2CCOCC2)N2C[C@@H](NS(=O)(=O)c3ccc(F)cc3)C[C@@H]12. The summed E-state index contributed by atoms with van der Waals surface area (Å²) in [6.45, 7) is 3.11. The van der Waals surface area contributed by atoms with Crippen molar-refractivity contribution < 1.29 is 27.1 Å². The Morgan fingerprint density at radius 3 is 2.65 bits per heavy atom. The second-order valence-corrected chi connectivity index (χ2v) is 9.87. The molecule has 0 radical (unpaired) electrons. The van der Waals surface area contributed by atoms with Gasteiger partial charge in [0, 0.05) is 44.7 Å². The molecule has 11 heteroatoms. The monoisotopic (exact) mass is 454 g/mol. The van der Waals surface area contributed by atoms with Gasteiger partial charge in [0.2, 0.25) is 21.8 Å². The molecule has 0 bridgehead atoms. The van der Waals surface area contributed by atoms with E-state index in [0.717, 1.165) is 12.1 Å². The lowest BCUT2D eigenvalue weighted by Crippen LogP contribution is -2.58. The van der Waals surface area contributed by atoms with Gasteiger partial charge in [0.15, 0.2) is 0 Å². The zero-order chi connectivity index (χ0) is 22.0. The van der Waals surface area contributed by atoms with Gasteiger partial charge in [0.1, 0.15) is 5.82 Å². The Bertz CT molecular complexity index is 920. The third-order valence-electron chi connectivity index (χ3n) is 6.12. The quantitative estimate of drug-likeness (QED) is 0.610. The van der Waals surface area contributed by atoms with Crippen LogP contribution < -0.4 is 10.0 Å². The van der Waals surface area contributed by atoms with E-state index in [4.69, 9.17) is 4.74 Å². The van der Waals surface area contributed by atoms with Gasteiger partial charge in [-0.25, -0.2) is 17.5 Å². The number of sulfonamides is 1. The average molecular weight is 455 g/mol. The fourth-order valence-electron chi connectivity index (χ4n) is 4.49. The molecule has 1 aromatic rings. The van der Waals surface area contributed by atoms with Crippen LogP contribution in [0.15, 0.2) is 29.2 Å². The number of nitrogens with zero attached hydrogens (tertiary/aromatic N) is 2. The number of benzene rings is 1. The fraction of sp³-hybridized carbons (Fsp3) is 0.600. The van der Waals surface area contributed by atoms with Gasteiger partial charge in [-0.1, -0.05) is 0 Å². The Morgan fingerprint density at radius 2 is 1.94 bits per heavy atom. The molecule has 3 aliphatic heterocycles. The number of carbonyl (C=O) groups is 2. The minimum Gasteiger partial charge on any atom is -0.378 e. The fourth-order valence-corrected chi connectivity index (χ4v) is 5.73. The van der Waals surface area contributed by atoms with E-state index in [0.29, 0.717) is 58.7 Å². The minimum absolute atomic E-state index is 0.0177. The number of rotatable bonds is 6. The van der Waals surface area contributed by atoms with Crippen LogP contribution in [0.4, 0.5) is 4.39 Å². The Morgan fingerprint density at radius 1 is 1.23 bits per heavy atom. The summed E-state index contributed by atoms with van der Waals surface area (Å²) in [6, 6.07) is 3.72. The second-order valence-electron chi connectivity index (χ2n) is 8.15. The topological polar surface area (TPSA) is 108 Å². The number of hydrogen-bond donors (Lipinski definition) is 2. The van der Waals surface area contributed by atoms with Crippen LogP contribution >= 0.6 is 0 Å². The van der Waals surface area contributed by atoms with E-state index < -0.39 is 27.9 Å². The Labute approximate surface area is 181 Å². The molecule has 31 heavy (non-hydrogen) atoms. The summed E-state index contributed by atoms with van der Waals surface area (Å²) in [5.41, 5.74) is 0. The lowest BCUT2D eigenvalue weighted by Gasteiger charge is -2.37. The van der Waals surface area contributed by atoms with Gasteiger partial charge in [-0.2, -0.15) is 0 Å². The molecular formula is C20H27FN4O5S. The van der Waals surface area contributed by atoms with Crippen LogP contribution in [0.2, 0.25) is 0 Å². The number of halogens is 1. The Hall–Kier alpha value is -2.08. The summed E-state index contributed by atoms with van der Waals surface area (Å²) in [4.78, 5) is 28.6. The van der Waals surface area contributed by atoms with Gasteiger partial charge in [-0.15, -0.1) is 0 Å². The van der Waals surface area contributed by atoms with Crippen molar-refractivity contribution >= 4 is 21.8 Å². The van der Waals surface area contributed by atoms with Crippen LogP contribution in [0.25, 0.3) is 0 Å². The molecule has 4 rings (SSSR count). The van der Waals surface area contributed by atoms with Gasteiger partial charge in [-0.3, -0.25) is 14.5 Å². The van der Waals surface area contributed by atoms with Gasteiger partial charge < -0.3 is 15.0 Å². The molecule has 3 heterocycles. The molecule has 170 valence electrons. The first-order valence-corrected chi connectivity index (χ1v) is 12.0. The molecule has 1 aromatic carbocycles. The van der Waals surface area contributed by atoms with E-state index in [-0.39, 0.29) is 22.8 Å². The van der Waals surface area contributed by atoms with E-state index in [1.165, 1.54) is 12.1 Å². The minimum atomic E-state index is -3.83. The van der Waals surface area contributed by atoms with Gasteiger partial charge in [0.05, 0.1) is 24.2 Å². The van der Waals surface area contributed by atoms with E-state index >= 15 is 0 Å². The van der Waals surface area contributed by atoms with Crippen molar-refractivity contribution in [1.29, 1.82) is 0 Å². The van der Waals surface area contributed by atoms with Crippen LogP contribution in [-0.2, 0) is 24.3 Å². The molecule has 0 unspecified atom stereocenters. The molecule has 0 aliphatic carbocycles. The number of fused-ring (bicyclic) bond motifs is 1. The van der Waals surface area contributed by atoms with E-state index in [1.54, 1.807) is 4.90 Å². The average Bonchev–Trinajstić information content (AvgIpc) is 3.18. The van der Waals surface area contributed by atoms with Crippen molar-refractivity contribution in [3.05, 3.63) is 30.1 Å². The number of morpholine rings is 1. The van der Waals surface area contributed by atoms with Crippen LogP contribution in [-0.4, -0.2) is 87.6 Å². The molecule has 9 nitrogen and oxygen atoms in total. The molecule has 0 aromatic heterocycles. The normalized spacial score (nSPS) is 27.1. The standard InChI is InChI=1S/C20H27FN4O5S/c21-14-1-4-17(5-2-14)31(28,29)23-15-11-18-20(27)22-12-16(25(18)13-15)3-6-19(26)24-7-9-30-10-8-24/h1-2,4-5,15-16,18,23H,3,6-13H2,(H,22,27)/t15-,16+,18-/m0/s1. The largest absolute Gasteiger partial charge is 0.378 e. The molecule has 0 spiro atoms. The van der Waals surface area contributed by atoms with Crippen molar-refractivity contribution in [1.82, 2.24) is 19.8 Å². The maximum absolute atomic E-state index is 13.1. The number of nitrogens with one attached hydrogen (secondary N) is 2. The van der Waals surface area contributed by atoms with Crippen LogP contribution in [0.5, 0.6) is 0 Å². The third kappa shape index (κ3) is 5.05. The van der Waals surface area contributed by atoms with Crippen LogP contribution in [0.3, 0.4) is 0 Å². The summed E-state index contributed by atoms with van der Waals surface area (Å²) in [7, 11) is -3.83. The summed E-state index contributed by atoms with van der Waals surface area (Å²) < 4.78 is 46.3. The molecule has 3 aliphatic rings. The highest BCUT2D eigenvalue weighted by molar-refractivity contribution is 7.89. The summed E-state index contributed by atoms with van der Waals surface area (Å²) >= 11 is 0. The highest BCUT2D eigenvalue weighted by Gasteiger charge is 2.44. The molecule has 0 saturated carbocycles. The molecular weight excluding hydrogens is 427 g/mol. The molecule has 3 atom stereocenters. The number of piperazine rings is 1. The molecule has 2 N–H and O–H groups in total. The highest BCUT2D eigenvalue weighted by atomic mass is 32.2. The zero-order valence-corrected chi connectivity index (χ0v) is 17.9. The first-order chi connectivity index (χ1) is 14.8. The van der Waals surface area contributed by atoms with E-state index in [9.17, 15) is 22.4 Å². The van der Waals surface area contributed by atoms with Gasteiger partial charge >= 0.3 is 0 Å². The lowest BCUT2D eigenvalue weighted by molar-refractivity contribution is -0.136. The third-order valence-corrected chi connectivity index (χ3v) is 7.66. The van der Waals surface area contributed by atoms with Crippen molar-refractivity contribution in [2.75, 3.05) is 39.4 Å². The molecule has 3 fully saturated rings. The smallest absolute Gasteiger partial charge is 0.240 e. The number of hydrogen-bond acceptors (Lipinski definition) is 6. The second kappa shape index (κ2) is 9.19. The predicted molar refractivity (Wildman–Crippen MR) is 109 cm³/mol. The predicted octanol–water partition coefficient (Wildman–Crippen LogP) is -0.316. The Balaban J connectivity index is 1.37. The number of amides is 2. The summed E-state index contributed by atoms with van der Waals surface area (Å²) in [5.74, 6) is -0.563. The van der Waals surface area contributed by atoms with E-state index in [1.807, 2.05) is 4.90 Å². The van der Waals surface area contributed by atoms with Gasteiger partial charge in [-0.05, 0) is 37.1 Å². The lowest BCUT2D eigenvalue weighted by atomic mass is 10.0. The van der Waals surface area contributed by atoms with Crippen molar-refractivity contribution in [3.8, 4) is 0 Å². The Kier molecular flexibility index (Phi) is 6.56. The van der Waals surface area contributed by atoms with E-state index in [2.05, 4.69) is 10.0 Å². The summed E-state index contributed by atoms with van der Waals surface area (Å²) in [6.07, 6.45) is 1.31. The van der Waals surface area contributed by atoms with Gasteiger partial charge in [0.25, 0.3) is 0 Å². The first-order valence-electron chi connectivity index (χ1n) is 10.5. The maximum atomic E-state index is 13.1. The zero-order valence-electron chi connectivity index (χ0n) is 17.1. The number of carbonyl (C=O) groups excluding carboxylic acids is 2. The van der Waals surface area contributed by atoms with Crippen molar-refractivity contribution in [2.24, 2.45) is 0 Å². The first kappa shape index (κ1) is 22.1. The number of ether oxygens (including phenoxy) is 1. The molecule has 2 amide bonds.